The van der Waals surface area contributed by atoms with Crippen molar-refractivity contribution in [3.63, 3.8) is 0 Å². The molecule has 16 heteroatoms. The van der Waals surface area contributed by atoms with Gasteiger partial charge in [0.15, 0.2) is 11.5 Å². The number of fused-ring (bicyclic) bond motifs is 1. The zero-order valence-corrected chi connectivity index (χ0v) is 22.9. The summed E-state index contributed by atoms with van der Waals surface area (Å²) in [6.07, 6.45) is 0.158. The average molecular weight is 600 g/mol. The Bertz CT molecular complexity index is 1800. The minimum absolute atomic E-state index is 0.0338. The van der Waals surface area contributed by atoms with E-state index in [1.54, 1.807) is 39.0 Å². The van der Waals surface area contributed by atoms with Crippen LogP contribution in [0.2, 0.25) is 5.02 Å². The van der Waals surface area contributed by atoms with Crippen molar-refractivity contribution in [1.29, 1.82) is 0 Å². The Morgan fingerprint density at radius 3 is 2.26 bits per heavy atom. The lowest BCUT2D eigenvalue weighted by molar-refractivity contribution is -0.143. The first kappa shape index (κ1) is 28.5. The van der Waals surface area contributed by atoms with Gasteiger partial charge < -0.3 is 10.1 Å². The van der Waals surface area contributed by atoms with Gasteiger partial charge in [-0.2, -0.15) is 28.5 Å². The fourth-order valence-electron chi connectivity index (χ4n) is 3.99. The molecule has 0 spiro atoms. The van der Waals surface area contributed by atoms with Gasteiger partial charge in [-0.3, -0.25) is 10.1 Å². The smallest absolute Gasteiger partial charge is 0.434 e. The van der Waals surface area contributed by atoms with Gasteiger partial charge in [0, 0.05) is 10.8 Å². The molecule has 0 bridgehead atoms. The first-order valence-electron chi connectivity index (χ1n) is 12.2. The van der Waals surface area contributed by atoms with Gasteiger partial charge in [0.1, 0.15) is 11.4 Å². The number of hydrogen-bond donors (Lipinski definition) is 2. The molecular weight excluding hydrogens is 579 g/mol. The molecule has 0 unspecified atom stereocenters. The van der Waals surface area contributed by atoms with E-state index in [2.05, 4.69) is 35.9 Å². The molecule has 0 fully saturated rings. The van der Waals surface area contributed by atoms with Crippen molar-refractivity contribution in [2.24, 2.45) is 0 Å². The third-order valence-electron chi connectivity index (χ3n) is 5.59. The van der Waals surface area contributed by atoms with Crippen LogP contribution in [-0.4, -0.2) is 52.3 Å². The molecule has 5 aromatic rings. The lowest BCUT2D eigenvalue weighted by Gasteiger charge is -2.20. The summed E-state index contributed by atoms with van der Waals surface area (Å²) in [6, 6.07) is 7.65. The molecule has 4 aromatic heterocycles. The Morgan fingerprint density at radius 2 is 1.62 bits per heavy atom. The van der Waals surface area contributed by atoms with Gasteiger partial charge in [-0.1, -0.05) is 35.9 Å². The standard InChI is InChI=1S/C26H21ClF3N9O3/c1-25(2,3)42-24(41)37-21-16-7-5-4-6-15(16)19(13-31-21)38-20(26(28,29)30)17(12-35-38)23(40)36-14-10-18(27)22(32-11-14)39-33-8-9-34-39/h4-13H,1-3H3,(H,36,40)(H,31,37,41). The molecule has 216 valence electrons. The van der Waals surface area contributed by atoms with Crippen LogP contribution < -0.4 is 10.6 Å². The second-order valence-electron chi connectivity index (χ2n) is 9.78. The second kappa shape index (κ2) is 10.7. The maximum Gasteiger partial charge on any atom is 0.434 e. The van der Waals surface area contributed by atoms with E-state index < -0.39 is 35.0 Å². The molecule has 2 N–H and O–H groups in total. The van der Waals surface area contributed by atoms with Crippen molar-refractivity contribution >= 4 is 45.9 Å². The fraction of sp³-hybridized carbons (Fsp3) is 0.192. The number of alkyl halides is 3. The molecule has 12 nitrogen and oxygen atoms in total. The topological polar surface area (TPSA) is 142 Å². The molecule has 0 aliphatic heterocycles. The van der Waals surface area contributed by atoms with Crippen LogP contribution in [0.15, 0.2) is 61.3 Å². The van der Waals surface area contributed by atoms with Crippen LogP contribution in [-0.2, 0) is 10.9 Å². The molecular formula is C26H21ClF3N9O3. The van der Waals surface area contributed by atoms with E-state index in [0.29, 0.717) is 10.1 Å². The molecule has 0 saturated carbocycles. The zero-order chi connectivity index (χ0) is 30.2. The van der Waals surface area contributed by atoms with Gasteiger partial charge in [-0.25, -0.2) is 19.4 Å². The highest BCUT2D eigenvalue weighted by molar-refractivity contribution is 6.32. The summed E-state index contributed by atoms with van der Waals surface area (Å²) < 4.78 is 49.1. The molecule has 0 aliphatic carbocycles. The Kier molecular flexibility index (Phi) is 7.28. The van der Waals surface area contributed by atoms with Crippen molar-refractivity contribution in [2.75, 3.05) is 10.6 Å². The highest BCUT2D eigenvalue weighted by Crippen LogP contribution is 2.36. The van der Waals surface area contributed by atoms with Crippen LogP contribution in [0.25, 0.3) is 22.3 Å². The normalized spacial score (nSPS) is 11.9. The summed E-state index contributed by atoms with van der Waals surface area (Å²) in [5.74, 6) is -0.871. The van der Waals surface area contributed by atoms with E-state index in [-0.39, 0.29) is 33.4 Å². The third-order valence-corrected chi connectivity index (χ3v) is 5.87. The first-order chi connectivity index (χ1) is 19.8. The van der Waals surface area contributed by atoms with Crippen LogP contribution in [0.3, 0.4) is 0 Å². The predicted molar refractivity (Wildman–Crippen MR) is 146 cm³/mol. The summed E-state index contributed by atoms with van der Waals surface area (Å²) >= 11 is 6.22. The van der Waals surface area contributed by atoms with Crippen LogP contribution in [0.4, 0.5) is 29.5 Å². The van der Waals surface area contributed by atoms with Gasteiger partial charge in [0.2, 0.25) is 0 Å². The summed E-state index contributed by atoms with van der Waals surface area (Å²) in [5.41, 5.74) is -2.92. The van der Waals surface area contributed by atoms with E-state index in [0.717, 1.165) is 17.2 Å². The number of carbonyl (C=O) groups excluding carboxylic acids is 2. The van der Waals surface area contributed by atoms with E-state index in [4.69, 9.17) is 16.3 Å². The fourth-order valence-corrected chi connectivity index (χ4v) is 4.23. The monoisotopic (exact) mass is 599 g/mol. The minimum Gasteiger partial charge on any atom is -0.444 e. The summed E-state index contributed by atoms with van der Waals surface area (Å²) in [7, 11) is 0. The largest absolute Gasteiger partial charge is 0.444 e. The van der Waals surface area contributed by atoms with Crippen LogP contribution in [0.1, 0.15) is 36.8 Å². The van der Waals surface area contributed by atoms with Crippen LogP contribution >= 0.6 is 11.6 Å². The predicted octanol–water partition coefficient (Wildman–Crippen LogP) is 5.67. The first-order valence-corrected chi connectivity index (χ1v) is 12.6. The van der Waals surface area contributed by atoms with E-state index >= 15 is 0 Å². The second-order valence-corrected chi connectivity index (χ2v) is 10.2. The number of aromatic nitrogens is 7. The third kappa shape index (κ3) is 5.85. The highest BCUT2D eigenvalue weighted by Gasteiger charge is 2.41. The summed E-state index contributed by atoms with van der Waals surface area (Å²) in [4.78, 5) is 34.8. The molecule has 4 heterocycles. The Morgan fingerprint density at radius 1 is 0.929 bits per heavy atom. The Balaban J connectivity index is 1.50. The van der Waals surface area contributed by atoms with E-state index in [1.165, 1.54) is 30.7 Å². The number of benzene rings is 1. The number of halogens is 4. The maximum absolute atomic E-state index is 14.4. The number of nitrogens with zero attached hydrogens (tertiary/aromatic N) is 7. The van der Waals surface area contributed by atoms with Gasteiger partial charge in [-0.05, 0) is 26.8 Å². The quantitative estimate of drug-likeness (QED) is 0.263. The number of anilines is 2. The van der Waals surface area contributed by atoms with Crippen LogP contribution in [0.5, 0.6) is 0 Å². The number of amides is 2. The molecule has 0 saturated heterocycles. The van der Waals surface area contributed by atoms with Gasteiger partial charge >= 0.3 is 12.3 Å². The summed E-state index contributed by atoms with van der Waals surface area (Å²) in [6.45, 7) is 5.05. The van der Waals surface area contributed by atoms with Crippen molar-refractivity contribution in [1.82, 2.24) is 34.7 Å². The van der Waals surface area contributed by atoms with Gasteiger partial charge in [-0.15, -0.1) is 4.80 Å². The SMILES string of the molecule is CC(C)(C)OC(=O)Nc1ncc(-n2ncc(C(=O)Nc3cnc(-n4nccn4)c(Cl)c3)c2C(F)(F)F)c2ccccc12. The van der Waals surface area contributed by atoms with Gasteiger partial charge in [0.05, 0.1) is 52.9 Å². The van der Waals surface area contributed by atoms with E-state index in [1.807, 2.05) is 0 Å². The number of hydrogen-bond acceptors (Lipinski definition) is 8. The molecule has 2 amide bonds. The molecule has 0 radical (unpaired) electrons. The number of rotatable bonds is 5. The maximum atomic E-state index is 14.4. The number of ether oxygens (including phenoxy) is 1. The molecule has 0 aliphatic rings. The Hall–Kier alpha value is -5.05. The molecule has 42 heavy (non-hydrogen) atoms. The van der Waals surface area contributed by atoms with E-state index in [9.17, 15) is 22.8 Å². The van der Waals surface area contributed by atoms with Gasteiger partial charge in [0.25, 0.3) is 5.91 Å². The van der Waals surface area contributed by atoms with Crippen molar-refractivity contribution in [3.8, 4) is 11.5 Å². The minimum atomic E-state index is -5.00. The van der Waals surface area contributed by atoms with Crippen LogP contribution in [0, 0.1) is 0 Å². The van der Waals surface area contributed by atoms with Crippen molar-refractivity contribution in [3.05, 3.63) is 77.6 Å². The number of nitrogens with one attached hydrogen (secondary N) is 2. The number of carbonyl (C=O) groups is 2. The zero-order valence-electron chi connectivity index (χ0n) is 22.1. The average Bonchev–Trinajstić information content (AvgIpc) is 3.59. The highest BCUT2D eigenvalue weighted by atomic mass is 35.5. The Labute approximate surface area is 240 Å². The molecule has 5 rings (SSSR count). The molecule has 1 aromatic carbocycles. The van der Waals surface area contributed by atoms with Crippen molar-refractivity contribution < 1.29 is 27.5 Å². The molecule has 0 atom stereocenters. The number of pyridine rings is 2. The lowest BCUT2D eigenvalue weighted by Crippen LogP contribution is -2.27. The lowest BCUT2D eigenvalue weighted by atomic mass is 10.1. The van der Waals surface area contributed by atoms with Crippen molar-refractivity contribution in [2.45, 2.75) is 32.5 Å². The summed E-state index contributed by atoms with van der Waals surface area (Å²) in [5, 5.41) is 17.3.